The van der Waals surface area contributed by atoms with Crippen LogP contribution in [0.1, 0.15) is 12.8 Å². The molecule has 1 aromatic carbocycles. The van der Waals surface area contributed by atoms with Gasteiger partial charge in [-0.05, 0) is 49.6 Å². The topological polar surface area (TPSA) is 30.5 Å². The van der Waals surface area contributed by atoms with Crippen molar-refractivity contribution in [2.45, 2.75) is 18.2 Å². The Morgan fingerprint density at radius 1 is 1.22 bits per heavy atom. The molecule has 0 atom stereocenters. The molecule has 1 aromatic rings. The highest BCUT2D eigenvalue weighted by Gasteiger charge is 2.26. The lowest BCUT2D eigenvalue weighted by Crippen LogP contribution is -2.35. The molecule has 0 aliphatic heterocycles. The Morgan fingerprint density at radius 2 is 1.89 bits per heavy atom. The summed E-state index contributed by atoms with van der Waals surface area (Å²) in [6.45, 7) is 2.61. The molecule has 3 nitrogen and oxygen atoms in total. The predicted octanol–water partition coefficient (Wildman–Crippen LogP) is 2.68. The van der Waals surface area contributed by atoms with Crippen LogP contribution < -0.4 is 14.8 Å². The fourth-order valence-electron chi connectivity index (χ4n) is 2.04. The van der Waals surface area contributed by atoms with Crippen LogP contribution in [0.5, 0.6) is 11.5 Å². The maximum absolute atomic E-state index is 5.93. The largest absolute Gasteiger partial charge is 0.497 e. The first-order chi connectivity index (χ1) is 8.78. The van der Waals surface area contributed by atoms with Gasteiger partial charge in [0.05, 0.1) is 7.11 Å². The number of hydrogen-bond donors (Lipinski definition) is 1. The van der Waals surface area contributed by atoms with Gasteiger partial charge in [0.2, 0.25) is 0 Å². The lowest BCUT2D eigenvalue weighted by Gasteiger charge is -2.30. The van der Waals surface area contributed by atoms with Gasteiger partial charge >= 0.3 is 0 Å². The van der Waals surface area contributed by atoms with Crippen LogP contribution in [0, 0.1) is 5.92 Å². The van der Waals surface area contributed by atoms with E-state index < -0.39 is 0 Å². The lowest BCUT2D eigenvalue weighted by atomic mass is 9.85. The second-order valence-electron chi connectivity index (χ2n) is 4.66. The first-order valence-electron chi connectivity index (χ1n) is 6.39. The molecule has 1 aliphatic rings. The third-order valence-corrected chi connectivity index (χ3v) is 3.57. The van der Waals surface area contributed by atoms with E-state index in [0.717, 1.165) is 43.3 Å². The van der Waals surface area contributed by atoms with Gasteiger partial charge in [-0.2, -0.15) is 0 Å². The Hall–Kier alpha value is -0.930. The fourth-order valence-corrected chi connectivity index (χ4v) is 2.54. The van der Waals surface area contributed by atoms with Gasteiger partial charge in [-0.25, -0.2) is 0 Å². The summed E-state index contributed by atoms with van der Waals surface area (Å²) in [5, 5.41) is 3.80. The number of rotatable bonds is 7. The molecule has 2 rings (SSSR count). The van der Waals surface area contributed by atoms with Crippen molar-refractivity contribution in [3.05, 3.63) is 24.3 Å². The van der Waals surface area contributed by atoms with E-state index in [1.807, 2.05) is 24.3 Å². The van der Waals surface area contributed by atoms with Crippen LogP contribution in [0.3, 0.4) is 0 Å². The summed E-state index contributed by atoms with van der Waals surface area (Å²) in [6.07, 6.45) is 2.29. The molecule has 18 heavy (non-hydrogen) atoms. The fraction of sp³-hybridized carbons (Fsp3) is 0.571. The monoisotopic (exact) mass is 269 g/mol. The Bertz CT molecular complexity index is 349. The van der Waals surface area contributed by atoms with Crippen molar-refractivity contribution in [2.75, 3.05) is 26.8 Å². The maximum atomic E-state index is 5.93. The highest BCUT2D eigenvalue weighted by molar-refractivity contribution is 6.21. The van der Waals surface area contributed by atoms with Gasteiger partial charge in [0, 0.05) is 11.9 Å². The minimum atomic E-state index is 0.410. The Labute approximate surface area is 113 Å². The first kappa shape index (κ1) is 13.5. The summed E-state index contributed by atoms with van der Waals surface area (Å²) in [7, 11) is 1.66. The highest BCUT2D eigenvalue weighted by atomic mass is 35.5. The number of hydrogen-bond acceptors (Lipinski definition) is 3. The van der Waals surface area contributed by atoms with Crippen molar-refractivity contribution < 1.29 is 9.47 Å². The molecule has 100 valence electrons. The number of ether oxygens (including phenoxy) is 2. The van der Waals surface area contributed by atoms with Gasteiger partial charge in [-0.15, -0.1) is 11.6 Å². The van der Waals surface area contributed by atoms with E-state index in [4.69, 9.17) is 21.1 Å². The minimum absolute atomic E-state index is 0.410. The van der Waals surface area contributed by atoms with Gasteiger partial charge in [0.15, 0.2) is 0 Å². The van der Waals surface area contributed by atoms with E-state index in [0.29, 0.717) is 12.0 Å². The SMILES string of the molecule is COc1ccc(OCCNCC2CC(Cl)C2)cc1. The Kier molecular flexibility index (Phi) is 5.14. The summed E-state index contributed by atoms with van der Waals surface area (Å²) in [5.74, 6) is 2.48. The lowest BCUT2D eigenvalue weighted by molar-refractivity contribution is 0.279. The average molecular weight is 270 g/mol. The van der Waals surface area contributed by atoms with Crippen LogP contribution in [-0.2, 0) is 0 Å². The smallest absolute Gasteiger partial charge is 0.119 e. The van der Waals surface area contributed by atoms with Crippen molar-refractivity contribution >= 4 is 11.6 Å². The average Bonchev–Trinajstić information content (AvgIpc) is 2.37. The summed E-state index contributed by atoms with van der Waals surface area (Å²) >= 11 is 5.93. The summed E-state index contributed by atoms with van der Waals surface area (Å²) in [5.41, 5.74) is 0. The molecule has 1 fully saturated rings. The van der Waals surface area contributed by atoms with E-state index in [-0.39, 0.29) is 0 Å². The maximum Gasteiger partial charge on any atom is 0.119 e. The number of benzene rings is 1. The zero-order chi connectivity index (χ0) is 12.8. The van der Waals surface area contributed by atoms with Crippen molar-refractivity contribution in [1.29, 1.82) is 0 Å². The third-order valence-electron chi connectivity index (χ3n) is 3.22. The Balaban J connectivity index is 1.54. The molecule has 0 saturated heterocycles. The molecular formula is C14H20ClNO2. The van der Waals surface area contributed by atoms with Crippen molar-refractivity contribution in [3.63, 3.8) is 0 Å². The predicted molar refractivity (Wildman–Crippen MR) is 73.7 cm³/mol. The minimum Gasteiger partial charge on any atom is -0.497 e. The summed E-state index contributed by atoms with van der Waals surface area (Å²) < 4.78 is 10.7. The van der Waals surface area contributed by atoms with Crippen molar-refractivity contribution in [3.8, 4) is 11.5 Å². The van der Waals surface area contributed by atoms with E-state index in [2.05, 4.69) is 5.32 Å². The van der Waals surface area contributed by atoms with Crippen LogP contribution in [0.4, 0.5) is 0 Å². The summed E-state index contributed by atoms with van der Waals surface area (Å²) in [6, 6.07) is 7.64. The van der Waals surface area contributed by atoms with Crippen LogP contribution in [-0.4, -0.2) is 32.2 Å². The van der Waals surface area contributed by atoms with Gasteiger partial charge in [0.25, 0.3) is 0 Å². The molecule has 0 spiro atoms. The molecule has 4 heteroatoms. The van der Waals surface area contributed by atoms with Gasteiger partial charge in [0.1, 0.15) is 18.1 Å². The van der Waals surface area contributed by atoms with Crippen LogP contribution in [0.2, 0.25) is 0 Å². The molecular weight excluding hydrogens is 250 g/mol. The van der Waals surface area contributed by atoms with E-state index in [1.165, 1.54) is 0 Å². The zero-order valence-corrected chi connectivity index (χ0v) is 11.5. The van der Waals surface area contributed by atoms with Gasteiger partial charge < -0.3 is 14.8 Å². The van der Waals surface area contributed by atoms with E-state index in [9.17, 15) is 0 Å². The molecule has 1 aliphatic carbocycles. The first-order valence-corrected chi connectivity index (χ1v) is 6.83. The molecule has 0 aromatic heterocycles. The number of methoxy groups -OCH3 is 1. The Morgan fingerprint density at radius 3 is 2.50 bits per heavy atom. The molecule has 1 saturated carbocycles. The normalized spacial score (nSPS) is 22.3. The van der Waals surface area contributed by atoms with Gasteiger partial charge in [-0.3, -0.25) is 0 Å². The highest BCUT2D eigenvalue weighted by Crippen LogP contribution is 2.30. The van der Waals surface area contributed by atoms with E-state index in [1.54, 1.807) is 7.11 Å². The molecule has 0 radical (unpaired) electrons. The van der Waals surface area contributed by atoms with Crippen LogP contribution in [0.25, 0.3) is 0 Å². The molecule has 0 heterocycles. The summed E-state index contributed by atoms with van der Waals surface area (Å²) in [4.78, 5) is 0. The second kappa shape index (κ2) is 6.86. The van der Waals surface area contributed by atoms with Crippen LogP contribution >= 0.6 is 11.6 Å². The van der Waals surface area contributed by atoms with Crippen LogP contribution in [0.15, 0.2) is 24.3 Å². The zero-order valence-electron chi connectivity index (χ0n) is 10.7. The third kappa shape index (κ3) is 4.07. The van der Waals surface area contributed by atoms with Crippen molar-refractivity contribution in [2.24, 2.45) is 5.92 Å². The number of nitrogens with one attached hydrogen (secondary N) is 1. The standard InChI is InChI=1S/C14H20ClNO2/c1-17-13-2-4-14(5-3-13)18-7-6-16-10-11-8-12(15)9-11/h2-5,11-12,16H,6-10H2,1H3. The van der Waals surface area contributed by atoms with Crippen molar-refractivity contribution in [1.82, 2.24) is 5.32 Å². The molecule has 0 bridgehead atoms. The molecule has 0 unspecified atom stereocenters. The molecule has 0 amide bonds. The van der Waals surface area contributed by atoms with E-state index >= 15 is 0 Å². The molecule has 1 N–H and O–H groups in total. The number of halogens is 1. The second-order valence-corrected chi connectivity index (χ2v) is 5.28. The number of alkyl halides is 1. The quantitative estimate of drug-likeness (QED) is 0.610. The van der Waals surface area contributed by atoms with Gasteiger partial charge in [-0.1, -0.05) is 0 Å².